The number of rotatable bonds is 6. The van der Waals surface area contributed by atoms with Crippen LogP contribution >= 0.6 is 0 Å². The maximum atomic E-state index is 11.8. The summed E-state index contributed by atoms with van der Waals surface area (Å²) in [5.74, 6) is 3.36. The lowest BCUT2D eigenvalue weighted by Gasteiger charge is -2.26. The number of carbonyl (C=O) groups is 1. The van der Waals surface area contributed by atoms with Gasteiger partial charge in [0.05, 0.1) is 13.1 Å². The second kappa shape index (κ2) is 5.77. The van der Waals surface area contributed by atoms with E-state index < -0.39 is 0 Å². The molecule has 0 bridgehead atoms. The van der Waals surface area contributed by atoms with E-state index in [4.69, 9.17) is 6.42 Å². The first kappa shape index (κ1) is 12.1. The van der Waals surface area contributed by atoms with Gasteiger partial charge in [0, 0.05) is 12.6 Å². The van der Waals surface area contributed by atoms with Gasteiger partial charge in [0.25, 0.3) is 0 Å². The van der Waals surface area contributed by atoms with Crippen LogP contribution in [-0.4, -0.2) is 36.5 Å². The van der Waals surface area contributed by atoms with E-state index in [1.54, 1.807) is 0 Å². The van der Waals surface area contributed by atoms with Crippen LogP contribution in [0.4, 0.5) is 0 Å². The Bertz CT molecular complexity index is 251. The molecule has 3 nitrogen and oxygen atoms in total. The molecule has 0 radical (unpaired) electrons. The van der Waals surface area contributed by atoms with Gasteiger partial charge in [-0.05, 0) is 32.6 Å². The SMILES string of the molecule is C#CCNCC(=O)N(CC1CC1)C(C)C. The lowest BCUT2D eigenvalue weighted by Crippen LogP contribution is -2.43. The first-order valence-electron chi connectivity index (χ1n) is 5.58. The van der Waals surface area contributed by atoms with Gasteiger partial charge in [-0.25, -0.2) is 0 Å². The van der Waals surface area contributed by atoms with Gasteiger partial charge < -0.3 is 4.90 Å². The van der Waals surface area contributed by atoms with Crippen molar-refractivity contribution in [2.45, 2.75) is 32.7 Å². The van der Waals surface area contributed by atoms with Crippen molar-refractivity contribution in [1.29, 1.82) is 0 Å². The van der Waals surface area contributed by atoms with Crippen LogP contribution in [0.15, 0.2) is 0 Å². The normalized spacial score (nSPS) is 15.1. The van der Waals surface area contributed by atoms with Crippen LogP contribution < -0.4 is 5.32 Å². The Kier molecular flexibility index (Phi) is 4.64. The summed E-state index contributed by atoms with van der Waals surface area (Å²) in [4.78, 5) is 13.8. The average molecular weight is 208 g/mol. The number of hydrogen-bond donors (Lipinski definition) is 1. The number of hydrogen-bond acceptors (Lipinski definition) is 2. The monoisotopic (exact) mass is 208 g/mol. The molecule has 84 valence electrons. The van der Waals surface area contributed by atoms with E-state index in [9.17, 15) is 4.79 Å². The summed E-state index contributed by atoms with van der Waals surface area (Å²) >= 11 is 0. The topological polar surface area (TPSA) is 32.3 Å². The minimum absolute atomic E-state index is 0.159. The first-order valence-corrected chi connectivity index (χ1v) is 5.58. The fourth-order valence-electron chi connectivity index (χ4n) is 1.52. The maximum Gasteiger partial charge on any atom is 0.236 e. The van der Waals surface area contributed by atoms with Crippen molar-refractivity contribution in [3.05, 3.63) is 0 Å². The largest absolute Gasteiger partial charge is 0.339 e. The van der Waals surface area contributed by atoms with Crippen molar-refractivity contribution < 1.29 is 4.79 Å². The van der Waals surface area contributed by atoms with E-state index in [1.807, 2.05) is 4.90 Å². The molecule has 1 aliphatic rings. The molecule has 0 aromatic heterocycles. The summed E-state index contributed by atoms with van der Waals surface area (Å²) in [5.41, 5.74) is 0. The highest BCUT2D eigenvalue weighted by Crippen LogP contribution is 2.30. The summed E-state index contributed by atoms with van der Waals surface area (Å²) in [6.45, 7) is 5.84. The molecule has 0 saturated heterocycles. The van der Waals surface area contributed by atoms with E-state index >= 15 is 0 Å². The lowest BCUT2D eigenvalue weighted by atomic mass is 10.2. The fourth-order valence-corrected chi connectivity index (χ4v) is 1.52. The lowest BCUT2D eigenvalue weighted by molar-refractivity contribution is -0.132. The van der Waals surface area contributed by atoms with Gasteiger partial charge in [-0.15, -0.1) is 6.42 Å². The maximum absolute atomic E-state index is 11.8. The zero-order valence-corrected chi connectivity index (χ0v) is 9.62. The van der Waals surface area contributed by atoms with E-state index in [1.165, 1.54) is 12.8 Å². The predicted octanol–water partition coefficient (Wildman–Crippen LogP) is 0.856. The fraction of sp³-hybridized carbons (Fsp3) is 0.750. The minimum Gasteiger partial charge on any atom is -0.339 e. The number of terminal acetylenes is 1. The molecule has 0 unspecified atom stereocenters. The van der Waals surface area contributed by atoms with E-state index in [2.05, 4.69) is 25.1 Å². The molecule has 1 saturated carbocycles. The van der Waals surface area contributed by atoms with Crippen LogP contribution in [0, 0.1) is 18.3 Å². The molecule has 0 heterocycles. The van der Waals surface area contributed by atoms with Gasteiger partial charge in [0.15, 0.2) is 0 Å². The molecule has 1 aliphatic carbocycles. The van der Waals surface area contributed by atoms with Crippen LogP contribution in [0.3, 0.4) is 0 Å². The Morgan fingerprint density at radius 3 is 2.73 bits per heavy atom. The number of carbonyl (C=O) groups excluding carboxylic acids is 1. The van der Waals surface area contributed by atoms with Gasteiger partial charge in [0.2, 0.25) is 5.91 Å². The molecular weight excluding hydrogens is 188 g/mol. The number of amides is 1. The third-order valence-corrected chi connectivity index (χ3v) is 2.60. The summed E-state index contributed by atoms with van der Waals surface area (Å²) in [6.07, 6.45) is 7.65. The molecule has 3 heteroatoms. The van der Waals surface area contributed by atoms with Gasteiger partial charge in [-0.3, -0.25) is 10.1 Å². The third kappa shape index (κ3) is 4.35. The molecule has 0 aliphatic heterocycles. The highest BCUT2D eigenvalue weighted by Gasteiger charge is 2.27. The van der Waals surface area contributed by atoms with Crippen molar-refractivity contribution in [2.24, 2.45) is 5.92 Å². The number of nitrogens with one attached hydrogen (secondary N) is 1. The van der Waals surface area contributed by atoms with Crippen molar-refractivity contribution in [1.82, 2.24) is 10.2 Å². The van der Waals surface area contributed by atoms with E-state index in [0.717, 1.165) is 12.5 Å². The third-order valence-electron chi connectivity index (χ3n) is 2.60. The van der Waals surface area contributed by atoms with Gasteiger partial charge in [0.1, 0.15) is 0 Å². The van der Waals surface area contributed by atoms with Crippen LogP contribution in [0.25, 0.3) is 0 Å². The predicted molar refractivity (Wildman–Crippen MR) is 61.3 cm³/mol. The molecule has 1 fully saturated rings. The van der Waals surface area contributed by atoms with Crippen molar-refractivity contribution in [3.8, 4) is 12.3 Å². The van der Waals surface area contributed by atoms with Crippen LogP contribution in [0.2, 0.25) is 0 Å². The average Bonchev–Trinajstić information content (AvgIpc) is 2.97. The molecule has 0 aromatic rings. The second-order valence-corrected chi connectivity index (χ2v) is 4.39. The highest BCUT2D eigenvalue weighted by atomic mass is 16.2. The standard InChI is InChI=1S/C12H20N2O/c1-4-7-13-8-12(15)14(10(2)3)9-11-5-6-11/h1,10-11,13H,5-9H2,2-3H3. The molecule has 1 N–H and O–H groups in total. The zero-order chi connectivity index (χ0) is 11.3. The van der Waals surface area contributed by atoms with Gasteiger partial charge >= 0.3 is 0 Å². The summed E-state index contributed by atoms with van der Waals surface area (Å²) in [7, 11) is 0. The Morgan fingerprint density at radius 1 is 1.60 bits per heavy atom. The Morgan fingerprint density at radius 2 is 2.27 bits per heavy atom. The molecule has 1 rings (SSSR count). The molecule has 0 spiro atoms. The summed E-state index contributed by atoms with van der Waals surface area (Å²) < 4.78 is 0. The molecule has 0 atom stereocenters. The van der Waals surface area contributed by atoms with Crippen molar-refractivity contribution >= 4 is 5.91 Å². The zero-order valence-electron chi connectivity index (χ0n) is 9.62. The highest BCUT2D eigenvalue weighted by molar-refractivity contribution is 5.78. The van der Waals surface area contributed by atoms with Crippen LogP contribution in [0.1, 0.15) is 26.7 Å². The smallest absolute Gasteiger partial charge is 0.236 e. The summed E-state index contributed by atoms with van der Waals surface area (Å²) in [5, 5.41) is 2.94. The Hall–Kier alpha value is -1.01. The van der Waals surface area contributed by atoms with Crippen LogP contribution in [-0.2, 0) is 4.79 Å². The minimum atomic E-state index is 0.159. The second-order valence-electron chi connectivity index (χ2n) is 4.39. The quantitative estimate of drug-likeness (QED) is 0.518. The van der Waals surface area contributed by atoms with Crippen LogP contribution in [0.5, 0.6) is 0 Å². The van der Waals surface area contributed by atoms with Gasteiger partial charge in [-0.1, -0.05) is 5.92 Å². The Labute approximate surface area is 92.2 Å². The summed E-state index contributed by atoms with van der Waals surface area (Å²) in [6, 6.07) is 0.283. The van der Waals surface area contributed by atoms with E-state index in [-0.39, 0.29) is 11.9 Å². The van der Waals surface area contributed by atoms with Crippen molar-refractivity contribution in [3.63, 3.8) is 0 Å². The van der Waals surface area contributed by atoms with Gasteiger partial charge in [-0.2, -0.15) is 0 Å². The Balaban J connectivity index is 2.33. The molecule has 15 heavy (non-hydrogen) atoms. The molecule has 0 aromatic carbocycles. The molecular formula is C12H20N2O. The number of nitrogens with zero attached hydrogens (tertiary/aromatic N) is 1. The van der Waals surface area contributed by atoms with Crippen molar-refractivity contribution in [2.75, 3.05) is 19.6 Å². The van der Waals surface area contributed by atoms with E-state index in [0.29, 0.717) is 13.1 Å². The first-order chi connectivity index (χ1) is 7.15. The molecule has 1 amide bonds.